The number of amides is 2. The van der Waals surface area contributed by atoms with E-state index in [1.165, 1.54) is 6.20 Å². The molecule has 1 aliphatic carbocycles. The number of carbonyl (C=O) groups excluding carboxylic acids is 2. The summed E-state index contributed by atoms with van der Waals surface area (Å²) < 4.78 is 0. The van der Waals surface area contributed by atoms with Gasteiger partial charge in [0, 0.05) is 19.0 Å². The van der Waals surface area contributed by atoms with E-state index < -0.39 is 0 Å². The highest BCUT2D eigenvalue weighted by atomic mass is 16.2. The maximum atomic E-state index is 11.5. The van der Waals surface area contributed by atoms with Gasteiger partial charge < -0.3 is 16.4 Å². The third-order valence-electron chi connectivity index (χ3n) is 2.55. The molecule has 0 atom stereocenters. The fraction of sp³-hybridized carbons (Fsp3) is 0.500. The highest BCUT2D eigenvalue weighted by molar-refractivity contribution is 5.96. The van der Waals surface area contributed by atoms with Crippen LogP contribution in [0, 0.1) is 5.92 Å². The molecule has 1 aromatic heterocycles. The highest BCUT2D eigenvalue weighted by Gasteiger charge is 2.28. The summed E-state index contributed by atoms with van der Waals surface area (Å²) in [7, 11) is 0. The number of carbonyl (C=O) groups is 2. The minimum absolute atomic E-state index is 0.0697. The Morgan fingerprint density at radius 1 is 1.41 bits per heavy atom. The van der Waals surface area contributed by atoms with Crippen LogP contribution in [-0.4, -0.2) is 35.1 Å². The summed E-state index contributed by atoms with van der Waals surface area (Å²) >= 11 is 0. The molecule has 5 N–H and O–H groups in total. The molecule has 0 saturated heterocycles. The second-order valence-electron chi connectivity index (χ2n) is 4.02. The van der Waals surface area contributed by atoms with Crippen LogP contribution >= 0.6 is 0 Å². The van der Waals surface area contributed by atoms with E-state index in [2.05, 4.69) is 20.8 Å². The van der Waals surface area contributed by atoms with Crippen LogP contribution in [0.4, 0.5) is 5.69 Å². The molecule has 2 amide bonds. The van der Waals surface area contributed by atoms with Gasteiger partial charge in [0.25, 0.3) is 5.91 Å². The van der Waals surface area contributed by atoms with Gasteiger partial charge in [-0.2, -0.15) is 5.10 Å². The first-order valence-electron chi connectivity index (χ1n) is 5.53. The SMILES string of the molecule is Nc1cn[nH]c1C(=O)NCCNC(=O)C1CC1. The summed E-state index contributed by atoms with van der Waals surface area (Å²) in [5.41, 5.74) is 6.08. The first-order valence-corrected chi connectivity index (χ1v) is 5.53. The monoisotopic (exact) mass is 237 g/mol. The van der Waals surface area contributed by atoms with Crippen molar-refractivity contribution in [1.82, 2.24) is 20.8 Å². The smallest absolute Gasteiger partial charge is 0.271 e. The van der Waals surface area contributed by atoms with E-state index in [1.807, 2.05) is 0 Å². The van der Waals surface area contributed by atoms with Crippen LogP contribution in [0.3, 0.4) is 0 Å². The minimum atomic E-state index is -0.319. The molecule has 1 saturated carbocycles. The van der Waals surface area contributed by atoms with Gasteiger partial charge in [-0.1, -0.05) is 0 Å². The average Bonchev–Trinajstić information content (AvgIpc) is 3.07. The Morgan fingerprint density at radius 3 is 2.71 bits per heavy atom. The topological polar surface area (TPSA) is 113 Å². The van der Waals surface area contributed by atoms with Crippen molar-refractivity contribution in [2.24, 2.45) is 5.92 Å². The number of nitrogens with one attached hydrogen (secondary N) is 3. The zero-order chi connectivity index (χ0) is 12.3. The second-order valence-corrected chi connectivity index (χ2v) is 4.02. The lowest BCUT2D eigenvalue weighted by atomic mass is 10.3. The molecule has 0 unspecified atom stereocenters. The summed E-state index contributed by atoms with van der Waals surface area (Å²) in [6, 6.07) is 0. The fourth-order valence-electron chi connectivity index (χ4n) is 1.42. The standard InChI is InChI=1S/C10H15N5O2/c11-7-5-14-15-8(7)10(17)13-4-3-12-9(16)6-1-2-6/h5-6H,1-4,11H2,(H,12,16)(H,13,17)(H,14,15). The molecule has 2 rings (SSSR count). The lowest BCUT2D eigenvalue weighted by Crippen LogP contribution is -2.35. The van der Waals surface area contributed by atoms with E-state index >= 15 is 0 Å². The van der Waals surface area contributed by atoms with Crippen molar-refractivity contribution >= 4 is 17.5 Å². The Hall–Kier alpha value is -2.05. The van der Waals surface area contributed by atoms with Crippen LogP contribution in [0.1, 0.15) is 23.3 Å². The van der Waals surface area contributed by atoms with Gasteiger partial charge in [0.05, 0.1) is 11.9 Å². The number of hydrogen-bond acceptors (Lipinski definition) is 4. The average molecular weight is 237 g/mol. The predicted octanol–water partition coefficient (Wildman–Crippen LogP) is -0.752. The van der Waals surface area contributed by atoms with Crippen molar-refractivity contribution in [3.63, 3.8) is 0 Å². The number of nitrogens with zero attached hydrogens (tertiary/aromatic N) is 1. The van der Waals surface area contributed by atoms with Crippen molar-refractivity contribution in [3.05, 3.63) is 11.9 Å². The molecule has 0 bridgehead atoms. The lowest BCUT2D eigenvalue weighted by Gasteiger charge is -2.05. The van der Waals surface area contributed by atoms with Gasteiger partial charge >= 0.3 is 0 Å². The Bertz CT molecular complexity index is 424. The molecule has 0 aromatic carbocycles. The lowest BCUT2D eigenvalue weighted by molar-refractivity contribution is -0.122. The van der Waals surface area contributed by atoms with E-state index in [4.69, 9.17) is 5.73 Å². The summed E-state index contributed by atoms with van der Waals surface area (Å²) in [6.07, 6.45) is 3.33. The third kappa shape index (κ3) is 2.96. The van der Waals surface area contributed by atoms with Crippen LogP contribution in [0.2, 0.25) is 0 Å². The molecule has 0 radical (unpaired) electrons. The van der Waals surface area contributed by atoms with Crippen LogP contribution in [0.25, 0.3) is 0 Å². The van der Waals surface area contributed by atoms with Gasteiger partial charge in [0.1, 0.15) is 5.69 Å². The van der Waals surface area contributed by atoms with Gasteiger partial charge in [-0.3, -0.25) is 14.7 Å². The van der Waals surface area contributed by atoms with Crippen molar-refractivity contribution in [2.45, 2.75) is 12.8 Å². The second kappa shape index (κ2) is 4.86. The van der Waals surface area contributed by atoms with Crippen LogP contribution in [0.15, 0.2) is 6.20 Å². The van der Waals surface area contributed by atoms with Crippen molar-refractivity contribution in [1.29, 1.82) is 0 Å². The van der Waals surface area contributed by atoms with Crippen LogP contribution in [0.5, 0.6) is 0 Å². The maximum absolute atomic E-state index is 11.5. The molecule has 0 spiro atoms. The van der Waals surface area contributed by atoms with Gasteiger partial charge in [0.15, 0.2) is 0 Å². The molecule has 1 heterocycles. The molecular weight excluding hydrogens is 222 g/mol. The van der Waals surface area contributed by atoms with Gasteiger partial charge in [-0.25, -0.2) is 0 Å². The molecule has 7 heteroatoms. The molecule has 1 fully saturated rings. The Morgan fingerprint density at radius 2 is 2.12 bits per heavy atom. The highest BCUT2D eigenvalue weighted by Crippen LogP contribution is 2.28. The number of H-pyrrole nitrogens is 1. The van der Waals surface area contributed by atoms with Crippen LogP contribution in [-0.2, 0) is 4.79 Å². The molecule has 1 aromatic rings. The molecule has 1 aliphatic rings. The minimum Gasteiger partial charge on any atom is -0.396 e. The third-order valence-corrected chi connectivity index (χ3v) is 2.55. The summed E-state index contributed by atoms with van der Waals surface area (Å²) in [5.74, 6) is -0.0603. The van der Waals surface area contributed by atoms with Crippen molar-refractivity contribution < 1.29 is 9.59 Å². The van der Waals surface area contributed by atoms with E-state index in [1.54, 1.807) is 0 Å². The first-order chi connectivity index (χ1) is 8.18. The maximum Gasteiger partial charge on any atom is 0.271 e. The van der Waals surface area contributed by atoms with Crippen LogP contribution < -0.4 is 16.4 Å². The van der Waals surface area contributed by atoms with E-state index in [0.717, 1.165) is 12.8 Å². The Balaban J connectivity index is 1.66. The molecular formula is C10H15N5O2. The van der Waals surface area contributed by atoms with E-state index in [0.29, 0.717) is 18.8 Å². The number of aromatic amines is 1. The number of nitrogens with two attached hydrogens (primary N) is 1. The zero-order valence-corrected chi connectivity index (χ0v) is 9.32. The van der Waals surface area contributed by atoms with E-state index in [9.17, 15) is 9.59 Å². The Labute approximate surface area is 98.1 Å². The van der Waals surface area contributed by atoms with Gasteiger partial charge in [-0.15, -0.1) is 0 Å². The predicted molar refractivity (Wildman–Crippen MR) is 61.1 cm³/mol. The first kappa shape index (κ1) is 11.4. The summed E-state index contributed by atoms with van der Waals surface area (Å²) in [5, 5.41) is 11.5. The molecule has 92 valence electrons. The number of hydrogen-bond donors (Lipinski definition) is 4. The molecule has 0 aliphatic heterocycles. The number of rotatable bonds is 5. The number of aromatic nitrogens is 2. The van der Waals surface area contributed by atoms with E-state index in [-0.39, 0.29) is 23.4 Å². The van der Waals surface area contributed by atoms with Crippen molar-refractivity contribution in [2.75, 3.05) is 18.8 Å². The number of nitrogen functional groups attached to an aromatic ring is 1. The zero-order valence-electron chi connectivity index (χ0n) is 9.32. The van der Waals surface area contributed by atoms with Gasteiger partial charge in [-0.05, 0) is 12.8 Å². The quantitative estimate of drug-likeness (QED) is 0.504. The number of anilines is 1. The summed E-state index contributed by atoms with van der Waals surface area (Å²) in [6.45, 7) is 0.796. The fourth-order valence-corrected chi connectivity index (χ4v) is 1.42. The van der Waals surface area contributed by atoms with Gasteiger partial charge in [0.2, 0.25) is 5.91 Å². The molecule has 17 heavy (non-hydrogen) atoms. The largest absolute Gasteiger partial charge is 0.396 e. The van der Waals surface area contributed by atoms with Crippen molar-refractivity contribution in [3.8, 4) is 0 Å². The Kier molecular flexibility index (Phi) is 3.27. The summed E-state index contributed by atoms with van der Waals surface area (Å²) in [4.78, 5) is 22.8. The molecule has 7 nitrogen and oxygen atoms in total. The normalized spacial score (nSPS) is 14.4.